The fraction of sp³-hybridized carbons (Fsp3) is 0.258. The number of hydrogen-bond donors (Lipinski definition) is 2. The number of rotatable bonds is 13. The average Bonchev–Trinajstić information content (AvgIpc) is 3.50. The highest BCUT2D eigenvalue weighted by molar-refractivity contribution is 6.37. The van der Waals surface area contributed by atoms with E-state index in [4.69, 9.17) is 9.94 Å². The normalized spacial score (nSPS) is 12.5. The molecule has 2 aromatic carbocycles. The van der Waals surface area contributed by atoms with Crippen molar-refractivity contribution in [1.82, 2.24) is 30.5 Å². The van der Waals surface area contributed by atoms with Crippen molar-refractivity contribution in [3.05, 3.63) is 108 Å². The number of ketones is 1. The predicted octanol–water partition coefficient (Wildman–Crippen LogP) is 3.75. The topological polar surface area (TPSA) is 118 Å². The summed E-state index contributed by atoms with van der Waals surface area (Å²) in [7, 11) is 1.24. The Morgan fingerprint density at radius 2 is 1.68 bits per heavy atom. The summed E-state index contributed by atoms with van der Waals surface area (Å²) in [5, 5.41) is 7.62. The lowest BCUT2D eigenvalue weighted by atomic mass is 9.95. The Bertz CT molecular complexity index is 1440. The lowest BCUT2D eigenvalue weighted by molar-refractivity contribution is -0.146. The third kappa shape index (κ3) is 7.30. The monoisotopic (exact) mass is 554 g/mol. The smallest absolute Gasteiger partial charge is 0.313 e. The van der Waals surface area contributed by atoms with Gasteiger partial charge in [0.15, 0.2) is 0 Å². The molecule has 2 amide bonds. The van der Waals surface area contributed by atoms with Crippen LogP contribution in [0.15, 0.2) is 91.4 Å². The molecule has 2 N–H and O–H groups in total. The predicted molar refractivity (Wildman–Crippen MR) is 154 cm³/mol. The summed E-state index contributed by atoms with van der Waals surface area (Å²) in [6.07, 6.45) is 4.63. The van der Waals surface area contributed by atoms with E-state index in [0.717, 1.165) is 25.2 Å². The minimum absolute atomic E-state index is 0.312. The highest BCUT2D eigenvalue weighted by atomic mass is 16.6. The van der Waals surface area contributed by atoms with Crippen molar-refractivity contribution in [2.75, 3.05) is 20.2 Å². The van der Waals surface area contributed by atoms with E-state index in [0.29, 0.717) is 16.8 Å². The number of pyridine rings is 1. The molecule has 0 saturated heterocycles. The van der Waals surface area contributed by atoms with Crippen LogP contribution in [-0.2, 0) is 21.0 Å². The van der Waals surface area contributed by atoms with Crippen molar-refractivity contribution in [3.63, 3.8) is 0 Å². The molecule has 41 heavy (non-hydrogen) atoms. The molecule has 10 nitrogen and oxygen atoms in total. The fourth-order valence-electron chi connectivity index (χ4n) is 4.56. The lowest BCUT2D eigenvalue weighted by Crippen LogP contribution is -2.44. The highest BCUT2D eigenvalue weighted by Gasteiger charge is 2.37. The van der Waals surface area contributed by atoms with E-state index in [9.17, 15) is 14.4 Å². The second-order valence-electron chi connectivity index (χ2n) is 9.39. The maximum Gasteiger partial charge on any atom is 0.313 e. The van der Waals surface area contributed by atoms with Gasteiger partial charge in [0.2, 0.25) is 5.78 Å². The molecular formula is C31H34N6O4. The Morgan fingerprint density at radius 1 is 0.951 bits per heavy atom. The number of hydrogen-bond acceptors (Lipinski definition) is 7. The third-order valence-corrected chi connectivity index (χ3v) is 6.82. The van der Waals surface area contributed by atoms with Crippen LogP contribution in [0, 0.1) is 0 Å². The van der Waals surface area contributed by atoms with Crippen molar-refractivity contribution in [1.29, 1.82) is 0 Å². The van der Waals surface area contributed by atoms with Gasteiger partial charge in [-0.25, -0.2) is 5.48 Å². The van der Waals surface area contributed by atoms with E-state index < -0.39 is 29.7 Å². The van der Waals surface area contributed by atoms with Crippen molar-refractivity contribution >= 4 is 17.6 Å². The largest absolute Gasteiger partial charge is 0.343 e. The summed E-state index contributed by atoms with van der Waals surface area (Å²) in [4.78, 5) is 50.7. The molecule has 0 spiro atoms. The Hall–Kier alpha value is -4.67. The number of Topliss-reactive ketones (excluding diaryl/α,β-unsaturated/α-hetero) is 1. The second kappa shape index (κ2) is 14.1. The number of nitrogens with one attached hydrogen (secondary N) is 2. The van der Waals surface area contributed by atoms with Gasteiger partial charge < -0.3 is 5.32 Å². The minimum atomic E-state index is -1.22. The summed E-state index contributed by atoms with van der Waals surface area (Å²) in [5.41, 5.74) is 5.69. The van der Waals surface area contributed by atoms with Gasteiger partial charge in [-0.3, -0.25) is 33.8 Å². The lowest BCUT2D eigenvalue weighted by Gasteiger charge is -2.27. The third-order valence-electron chi connectivity index (χ3n) is 6.82. The zero-order valence-electron chi connectivity index (χ0n) is 23.4. The molecular weight excluding hydrogens is 520 g/mol. The summed E-state index contributed by atoms with van der Waals surface area (Å²) in [5.74, 6) is -2.25. The van der Waals surface area contributed by atoms with E-state index in [-0.39, 0.29) is 0 Å². The standard InChI is InChI=1S/C31H34N6O4/c1-4-36(5-2)21-22-13-15-23(16-14-22)26-17-19-37(34-26)28(29(38)31(40)35-41-3)27(24-10-7-6-8-11-24)33-30(39)25-12-9-18-32-20-25/h6-20,27-28H,4-5,21H2,1-3H3,(H,33,39)(H,35,40). The van der Waals surface area contributed by atoms with Gasteiger partial charge in [0.25, 0.3) is 5.91 Å². The number of carbonyl (C=O) groups is 3. The zero-order chi connectivity index (χ0) is 29.2. The van der Waals surface area contributed by atoms with Crippen LogP contribution in [0.2, 0.25) is 0 Å². The molecule has 2 atom stereocenters. The molecule has 0 bridgehead atoms. The molecule has 0 aliphatic carbocycles. The maximum atomic E-state index is 13.6. The zero-order valence-corrected chi connectivity index (χ0v) is 23.4. The molecule has 2 aromatic heterocycles. The van der Waals surface area contributed by atoms with E-state index in [1.807, 2.05) is 18.2 Å². The van der Waals surface area contributed by atoms with Crippen LogP contribution in [0.1, 0.15) is 47.4 Å². The first-order chi connectivity index (χ1) is 19.9. The van der Waals surface area contributed by atoms with Gasteiger partial charge in [0.1, 0.15) is 6.04 Å². The molecule has 10 heteroatoms. The molecule has 2 heterocycles. The molecule has 212 valence electrons. The van der Waals surface area contributed by atoms with Crippen LogP contribution in [0.5, 0.6) is 0 Å². The Balaban J connectivity index is 1.71. The average molecular weight is 555 g/mol. The van der Waals surface area contributed by atoms with Gasteiger partial charge in [0, 0.05) is 30.7 Å². The number of hydroxylamine groups is 1. The molecule has 0 aliphatic rings. The molecule has 2 unspecified atom stereocenters. The Morgan fingerprint density at radius 3 is 2.32 bits per heavy atom. The van der Waals surface area contributed by atoms with Crippen molar-refractivity contribution in [2.45, 2.75) is 32.5 Å². The van der Waals surface area contributed by atoms with Gasteiger partial charge >= 0.3 is 5.91 Å². The highest BCUT2D eigenvalue weighted by Crippen LogP contribution is 2.29. The van der Waals surface area contributed by atoms with Crippen LogP contribution in [0.3, 0.4) is 0 Å². The number of benzene rings is 2. The van der Waals surface area contributed by atoms with Crippen molar-refractivity contribution in [3.8, 4) is 11.3 Å². The summed E-state index contributed by atoms with van der Waals surface area (Å²) >= 11 is 0. The quantitative estimate of drug-likeness (QED) is 0.191. The molecule has 4 rings (SSSR count). The minimum Gasteiger partial charge on any atom is -0.343 e. The van der Waals surface area contributed by atoms with Gasteiger partial charge in [-0.05, 0) is 42.4 Å². The van der Waals surface area contributed by atoms with Crippen molar-refractivity contribution in [2.24, 2.45) is 0 Å². The van der Waals surface area contributed by atoms with Gasteiger partial charge in [-0.15, -0.1) is 0 Å². The number of aromatic nitrogens is 3. The maximum absolute atomic E-state index is 13.6. The van der Waals surface area contributed by atoms with E-state index >= 15 is 0 Å². The van der Waals surface area contributed by atoms with Crippen LogP contribution in [0.4, 0.5) is 0 Å². The molecule has 0 radical (unpaired) electrons. The van der Waals surface area contributed by atoms with Crippen LogP contribution >= 0.6 is 0 Å². The molecule has 0 aliphatic heterocycles. The summed E-state index contributed by atoms with van der Waals surface area (Å²) in [6, 6.07) is 19.9. The molecule has 0 fully saturated rings. The Labute approximate surface area is 239 Å². The van der Waals surface area contributed by atoms with Crippen molar-refractivity contribution < 1.29 is 19.2 Å². The van der Waals surface area contributed by atoms with Gasteiger partial charge in [-0.1, -0.05) is 68.4 Å². The fourth-order valence-corrected chi connectivity index (χ4v) is 4.56. The summed E-state index contributed by atoms with van der Waals surface area (Å²) < 4.78 is 1.41. The van der Waals surface area contributed by atoms with Gasteiger partial charge in [0.05, 0.1) is 24.4 Å². The SMILES string of the molecule is CCN(CC)Cc1ccc(-c2ccn(C(C(=O)C(=O)NOC)C(NC(=O)c3cccnc3)c3ccccc3)n2)cc1. The first kappa shape index (κ1) is 29.3. The number of nitrogens with zero attached hydrogens (tertiary/aromatic N) is 4. The first-order valence-corrected chi connectivity index (χ1v) is 13.4. The van der Waals surface area contributed by atoms with Crippen LogP contribution in [0.25, 0.3) is 11.3 Å². The van der Waals surface area contributed by atoms with E-state index in [1.54, 1.807) is 54.9 Å². The van der Waals surface area contributed by atoms with Crippen LogP contribution < -0.4 is 10.8 Å². The molecule has 0 saturated carbocycles. The number of carbonyl (C=O) groups excluding carboxylic acids is 3. The van der Waals surface area contributed by atoms with E-state index in [1.165, 1.54) is 23.6 Å². The first-order valence-electron chi connectivity index (χ1n) is 13.4. The number of amides is 2. The molecule has 4 aromatic rings. The van der Waals surface area contributed by atoms with Gasteiger partial charge in [-0.2, -0.15) is 5.10 Å². The Kier molecular flexibility index (Phi) is 10.1. The second-order valence-corrected chi connectivity index (χ2v) is 9.39. The van der Waals surface area contributed by atoms with Crippen LogP contribution in [-0.4, -0.2) is 57.5 Å². The summed E-state index contributed by atoms with van der Waals surface area (Å²) in [6.45, 7) is 7.06. The van der Waals surface area contributed by atoms with E-state index in [2.05, 4.69) is 46.7 Å².